The Morgan fingerprint density at radius 2 is 1.27 bits per heavy atom. The van der Waals surface area contributed by atoms with Gasteiger partial charge in [-0.15, -0.1) is 0 Å². The molecule has 2 aromatic heterocycles. The van der Waals surface area contributed by atoms with Crippen molar-refractivity contribution in [1.82, 2.24) is 9.88 Å². The summed E-state index contributed by atoms with van der Waals surface area (Å²) in [6.07, 6.45) is -0.312. The van der Waals surface area contributed by atoms with Gasteiger partial charge in [0, 0.05) is 44.4 Å². The molecule has 44 heavy (non-hydrogen) atoms. The van der Waals surface area contributed by atoms with E-state index in [9.17, 15) is 0 Å². The summed E-state index contributed by atoms with van der Waals surface area (Å²) in [6.45, 7) is 0. The van der Waals surface area contributed by atoms with E-state index in [1.807, 2.05) is 48.5 Å². The summed E-state index contributed by atoms with van der Waals surface area (Å²) in [5, 5.41) is 8.28. The van der Waals surface area contributed by atoms with Gasteiger partial charge < -0.3 is 14.3 Å². The SMILES string of the molecule is c1ccc(C2=NC(c3cccc(-n4c5ccccc5c5cc6c(cc54)oc4ccccc46)c3)NC(c3ccccc3)=N2)cc1. The number of aliphatic imine (C=N–C) groups is 2. The molecule has 0 aliphatic carbocycles. The van der Waals surface area contributed by atoms with E-state index in [2.05, 4.69) is 107 Å². The van der Waals surface area contributed by atoms with E-state index in [1.54, 1.807) is 0 Å². The van der Waals surface area contributed by atoms with E-state index in [0.29, 0.717) is 5.84 Å². The Kier molecular flexibility index (Phi) is 5.50. The third-order valence-electron chi connectivity index (χ3n) is 8.44. The number of furan rings is 1. The highest BCUT2D eigenvalue weighted by molar-refractivity contribution is 6.17. The second-order valence-corrected chi connectivity index (χ2v) is 11.1. The van der Waals surface area contributed by atoms with Crippen LogP contribution in [0.1, 0.15) is 22.9 Å². The van der Waals surface area contributed by atoms with E-state index in [0.717, 1.165) is 61.2 Å². The molecule has 0 saturated carbocycles. The number of aromatic nitrogens is 1. The van der Waals surface area contributed by atoms with E-state index in [4.69, 9.17) is 14.4 Å². The molecule has 0 spiro atoms. The fraction of sp³-hybridized carbons (Fsp3) is 0.0256. The van der Waals surface area contributed by atoms with Crippen LogP contribution in [0.2, 0.25) is 0 Å². The van der Waals surface area contributed by atoms with Gasteiger partial charge in [0.25, 0.3) is 0 Å². The molecule has 6 aromatic carbocycles. The van der Waals surface area contributed by atoms with Crippen LogP contribution in [0.25, 0.3) is 49.4 Å². The molecule has 0 bridgehead atoms. The van der Waals surface area contributed by atoms with Gasteiger partial charge in [0.1, 0.15) is 23.2 Å². The molecule has 0 radical (unpaired) electrons. The third-order valence-corrected chi connectivity index (χ3v) is 8.44. The maximum Gasteiger partial charge on any atom is 0.159 e. The van der Waals surface area contributed by atoms with E-state index < -0.39 is 0 Å². The predicted octanol–water partition coefficient (Wildman–Crippen LogP) is 9.18. The van der Waals surface area contributed by atoms with Gasteiger partial charge in [0.2, 0.25) is 0 Å². The fourth-order valence-corrected chi connectivity index (χ4v) is 6.38. The smallest absolute Gasteiger partial charge is 0.159 e. The summed E-state index contributed by atoms with van der Waals surface area (Å²) >= 11 is 0. The topological polar surface area (TPSA) is 54.8 Å². The molecule has 5 nitrogen and oxygen atoms in total. The number of nitrogens with zero attached hydrogens (tertiary/aromatic N) is 3. The van der Waals surface area contributed by atoms with Gasteiger partial charge in [-0.05, 0) is 35.9 Å². The molecule has 1 atom stereocenters. The first-order valence-electron chi connectivity index (χ1n) is 14.8. The predicted molar refractivity (Wildman–Crippen MR) is 180 cm³/mol. The molecule has 9 rings (SSSR count). The molecule has 5 heteroatoms. The van der Waals surface area contributed by atoms with Gasteiger partial charge in [-0.1, -0.05) is 109 Å². The lowest BCUT2D eigenvalue weighted by molar-refractivity contribution is 0.669. The van der Waals surface area contributed by atoms with Crippen molar-refractivity contribution in [3.63, 3.8) is 0 Å². The van der Waals surface area contributed by atoms with Crippen LogP contribution in [0, 0.1) is 0 Å². The second-order valence-electron chi connectivity index (χ2n) is 11.1. The maximum atomic E-state index is 6.32. The molecule has 8 aromatic rings. The van der Waals surface area contributed by atoms with Crippen LogP contribution >= 0.6 is 0 Å². The van der Waals surface area contributed by atoms with Gasteiger partial charge in [-0.3, -0.25) is 0 Å². The first-order valence-corrected chi connectivity index (χ1v) is 14.8. The van der Waals surface area contributed by atoms with Crippen LogP contribution in [0.4, 0.5) is 0 Å². The van der Waals surface area contributed by atoms with Crippen molar-refractivity contribution in [3.8, 4) is 5.69 Å². The Morgan fingerprint density at radius 1 is 0.545 bits per heavy atom. The minimum atomic E-state index is -0.312. The van der Waals surface area contributed by atoms with Crippen molar-refractivity contribution in [2.75, 3.05) is 0 Å². The van der Waals surface area contributed by atoms with Crippen molar-refractivity contribution in [2.24, 2.45) is 9.98 Å². The van der Waals surface area contributed by atoms with Gasteiger partial charge in [0.15, 0.2) is 5.84 Å². The number of benzene rings is 6. The summed E-state index contributed by atoms with van der Waals surface area (Å²) in [5.41, 5.74) is 8.16. The van der Waals surface area contributed by atoms with Gasteiger partial charge in [-0.25, -0.2) is 9.98 Å². The van der Waals surface area contributed by atoms with E-state index >= 15 is 0 Å². The molecule has 0 saturated heterocycles. The molecule has 1 unspecified atom stereocenters. The monoisotopic (exact) mass is 566 g/mol. The number of fused-ring (bicyclic) bond motifs is 6. The number of para-hydroxylation sites is 2. The largest absolute Gasteiger partial charge is 0.456 e. The van der Waals surface area contributed by atoms with Crippen LogP contribution in [0.5, 0.6) is 0 Å². The highest BCUT2D eigenvalue weighted by atomic mass is 16.3. The molecule has 0 amide bonds. The van der Waals surface area contributed by atoms with Crippen LogP contribution in [-0.4, -0.2) is 16.2 Å². The zero-order valence-electron chi connectivity index (χ0n) is 23.7. The molecular weight excluding hydrogens is 540 g/mol. The van der Waals surface area contributed by atoms with Crippen molar-refractivity contribution in [1.29, 1.82) is 0 Å². The van der Waals surface area contributed by atoms with Crippen molar-refractivity contribution in [3.05, 3.63) is 162 Å². The van der Waals surface area contributed by atoms with Crippen LogP contribution in [0.15, 0.2) is 160 Å². The zero-order chi connectivity index (χ0) is 29.0. The Morgan fingerprint density at radius 3 is 2.11 bits per heavy atom. The standard InChI is InChI=1S/C39H26N4O/c1-3-12-25(13-4-1)37-40-38(26-14-5-2-6-15-26)42-39(41-37)27-16-11-17-28(22-27)43-33-20-9-7-18-29(33)31-23-32-30-19-8-10-21-35(30)44-36(32)24-34(31)43/h1-24,39H,(H,40,41,42). The lowest BCUT2D eigenvalue weighted by Gasteiger charge is -2.24. The lowest BCUT2D eigenvalue weighted by atomic mass is 10.1. The molecule has 1 aliphatic rings. The number of amidine groups is 2. The first kappa shape index (κ1) is 24.6. The summed E-state index contributed by atoms with van der Waals surface area (Å²) in [4.78, 5) is 10.0. The summed E-state index contributed by atoms with van der Waals surface area (Å²) < 4.78 is 8.65. The summed E-state index contributed by atoms with van der Waals surface area (Å²) in [7, 11) is 0. The van der Waals surface area contributed by atoms with Crippen molar-refractivity contribution in [2.45, 2.75) is 6.17 Å². The molecule has 1 aliphatic heterocycles. The van der Waals surface area contributed by atoms with Gasteiger partial charge >= 0.3 is 0 Å². The number of rotatable bonds is 4. The van der Waals surface area contributed by atoms with Crippen LogP contribution < -0.4 is 5.32 Å². The fourth-order valence-electron chi connectivity index (χ4n) is 6.38. The van der Waals surface area contributed by atoms with Gasteiger partial charge in [0.05, 0.1) is 11.0 Å². The number of nitrogens with one attached hydrogen (secondary N) is 1. The molecular formula is C39H26N4O. The Balaban J connectivity index is 1.22. The molecule has 1 N–H and O–H groups in total. The summed E-state index contributed by atoms with van der Waals surface area (Å²) in [5.74, 6) is 1.52. The second kappa shape index (κ2) is 9.82. The Bertz CT molecular complexity index is 2420. The maximum absolute atomic E-state index is 6.32. The molecule has 208 valence electrons. The Labute approximate surface area is 253 Å². The van der Waals surface area contributed by atoms with Gasteiger partial charge in [-0.2, -0.15) is 0 Å². The minimum Gasteiger partial charge on any atom is -0.456 e. The summed E-state index contributed by atoms with van der Waals surface area (Å²) in [6, 6.07) is 50.3. The third kappa shape index (κ3) is 3.94. The average Bonchev–Trinajstić information content (AvgIpc) is 3.62. The van der Waals surface area contributed by atoms with Crippen molar-refractivity contribution < 1.29 is 4.42 Å². The van der Waals surface area contributed by atoms with E-state index in [1.165, 1.54) is 10.8 Å². The Hall–Kier alpha value is -5.94. The quantitative estimate of drug-likeness (QED) is 0.231. The average molecular weight is 567 g/mol. The lowest BCUT2D eigenvalue weighted by Crippen LogP contribution is -2.33. The zero-order valence-corrected chi connectivity index (χ0v) is 23.7. The first-order chi connectivity index (χ1) is 21.8. The highest BCUT2D eigenvalue weighted by Gasteiger charge is 2.22. The normalized spacial score (nSPS) is 15.0. The highest BCUT2D eigenvalue weighted by Crippen LogP contribution is 2.38. The van der Waals surface area contributed by atoms with Crippen LogP contribution in [-0.2, 0) is 0 Å². The number of hydrogen-bond donors (Lipinski definition) is 1. The molecule has 0 fully saturated rings. The van der Waals surface area contributed by atoms with E-state index in [-0.39, 0.29) is 6.17 Å². The minimum absolute atomic E-state index is 0.312. The molecule has 3 heterocycles. The van der Waals surface area contributed by atoms with Crippen molar-refractivity contribution >= 4 is 55.4 Å². The van der Waals surface area contributed by atoms with Crippen LogP contribution in [0.3, 0.4) is 0 Å². The number of hydrogen-bond acceptors (Lipinski definition) is 4.